The van der Waals surface area contributed by atoms with Crippen molar-refractivity contribution in [2.75, 3.05) is 0 Å². The van der Waals surface area contributed by atoms with E-state index in [1.165, 1.54) is 5.57 Å². The van der Waals surface area contributed by atoms with Gasteiger partial charge in [-0.25, -0.2) is 4.98 Å². The average Bonchev–Trinajstić information content (AvgIpc) is 2.76. The largest absolute Gasteiger partial charge is 0.307 e. The molecule has 106 valence electrons. The zero-order valence-corrected chi connectivity index (χ0v) is 13.8. The fourth-order valence-electron chi connectivity index (χ4n) is 1.07. The minimum absolute atomic E-state index is 0.897. The van der Waals surface area contributed by atoms with Crippen LogP contribution in [0.1, 0.15) is 66.9 Å². The molecule has 1 heterocycles. The first-order valence-corrected chi connectivity index (χ1v) is 6.96. The van der Waals surface area contributed by atoms with E-state index < -0.39 is 0 Å². The molecule has 0 unspecified atom stereocenters. The molecular formula is C16H32N2. The highest BCUT2D eigenvalue weighted by Crippen LogP contribution is 2.06. The Morgan fingerprint density at radius 3 is 1.89 bits per heavy atom. The van der Waals surface area contributed by atoms with Crippen molar-refractivity contribution in [2.45, 2.75) is 62.3 Å². The van der Waals surface area contributed by atoms with Crippen LogP contribution in [0.4, 0.5) is 0 Å². The first-order valence-electron chi connectivity index (χ1n) is 6.96. The predicted molar refractivity (Wildman–Crippen MR) is 86.7 cm³/mol. The Kier molecular flexibility index (Phi) is 19.1. The SMILES string of the molecule is C=Cc1nc(C)cn1C=C(C)C.CC.CC.CC. The molecule has 0 aliphatic heterocycles. The van der Waals surface area contributed by atoms with E-state index in [2.05, 4.69) is 25.4 Å². The first kappa shape index (κ1) is 21.9. The first-order chi connectivity index (χ1) is 8.63. The normalized spacial score (nSPS) is 7.39. The summed E-state index contributed by atoms with van der Waals surface area (Å²) in [6, 6.07) is 0. The number of hydrogen-bond acceptors (Lipinski definition) is 1. The summed E-state index contributed by atoms with van der Waals surface area (Å²) in [7, 11) is 0. The molecule has 0 amide bonds. The van der Waals surface area contributed by atoms with Crippen LogP contribution in [0.25, 0.3) is 12.3 Å². The van der Waals surface area contributed by atoms with E-state index >= 15 is 0 Å². The van der Waals surface area contributed by atoms with Gasteiger partial charge in [-0.05, 0) is 26.8 Å². The Morgan fingerprint density at radius 2 is 1.56 bits per heavy atom. The maximum atomic E-state index is 4.28. The predicted octanol–water partition coefficient (Wildman–Crippen LogP) is 5.79. The quantitative estimate of drug-likeness (QED) is 0.651. The summed E-state index contributed by atoms with van der Waals surface area (Å²) in [5.74, 6) is 0.897. The Hall–Kier alpha value is -1.31. The third kappa shape index (κ3) is 9.88. The molecule has 0 saturated carbocycles. The summed E-state index contributed by atoms with van der Waals surface area (Å²) < 4.78 is 1.98. The van der Waals surface area contributed by atoms with Crippen molar-refractivity contribution < 1.29 is 0 Å². The van der Waals surface area contributed by atoms with Crippen molar-refractivity contribution >= 4 is 12.3 Å². The minimum atomic E-state index is 0.897. The number of nitrogens with zero attached hydrogens (tertiary/aromatic N) is 2. The lowest BCUT2D eigenvalue weighted by Gasteiger charge is -1.96. The van der Waals surface area contributed by atoms with Gasteiger partial charge in [0.25, 0.3) is 0 Å². The molecule has 18 heavy (non-hydrogen) atoms. The number of aryl methyl sites for hydroxylation is 1. The van der Waals surface area contributed by atoms with Crippen LogP contribution in [0.15, 0.2) is 18.3 Å². The molecule has 0 N–H and O–H groups in total. The summed E-state index contributed by atoms with van der Waals surface area (Å²) in [6.45, 7) is 21.8. The topological polar surface area (TPSA) is 17.8 Å². The van der Waals surface area contributed by atoms with Gasteiger partial charge in [-0.15, -0.1) is 0 Å². The van der Waals surface area contributed by atoms with Crippen LogP contribution < -0.4 is 0 Å². The molecular weight excluding hydrogens is 220 g/mol. The van der Waals surface area contributed by atoms with E-state index in [9.17, 15) is 0 Å². The average molecular weight is 252 g/mol. The van der Waals surface area contributed by atoms with Gasteiger partial charge in [0, 0.05) is 12.4 Å². The molecule has 0 atom stereocenters. The Bertz CT molecular complexity index is 316. The van der Waals surface area contributed by atoms with Crippen LogP contribution in [-0.2, 0) is 0 Å². The second kappa shape index (κ2) is 15.7. The van der Waals surface area contributed by atoms with Crippen molar-refractivity contribution in [3.63, 3.8) is 0 Å². The van der Waals surface area contributed by atoms with E-state index in [0.717, 1.165) is 11.5 Å². The van der Waals surface area contributed by atoms with Crippen LogP contribution in [-0.4, -0.2) is 9.55 Å². The van der Waals surface area contributed by atoms with Crippen molar-refractivity contribution in [2.24, 2.45) is 0 Å². The van der Waals surface area contributed by atoms with E-state index in [1.54, 1.807) is 6.08 Å². The fourth-order valence-corrected chi connectivity index (χ4v) is 1.07. The summed E-state index contributed by atoms with van der Waals surface area (Å²) >= 11 is 0. The highest BCUT2D eigenvalue weighted by atomic mass is 15.0. The molecule has 0 radical (unpaired) electrons. The van der Waals surface area contributed by atoms with Gasteiger partial charge in [0.1, 0.15) is 5.82 Å². The van der Waals surface area contributed by atoms with Crippen LogP contribution in [0.5, 0.6) is 0 Å². The zero-order chi connectivity index (χ0) is 15.1. The maximum Gasteiger partial charge on any atom is 0.136 e. The number of aromatic nitrogens is 2. The van der Waals surface area contributed by atoms with Crippen LogP contribution in [0, 0.1) is 6.92 Å². The maximum absolute atomic E-state index is 4.28. The molecule has 0 fully saturated rings. The second-order valence-electron chi connectivity index (χ2n) is 3.06. The van der Waals surface area contributed by atoms with Gasteiger partial charge >= 0.3 is 0 Å². The lowest BCUT2D eigenvalue weighted by Crippen LogP contribution is -1.88. The van der Waals surface area contributed by atoms with Crippen molar-refractivity contribution in [3.8, 4) is 0 Å². The molecule has 2 heteroatoms. The van der Waals surface area contributed by atoms with Gasteiger partial charge in [0.15, 0.2) is 0 Å². The molecule has 0 saturated heterocycles. The van der Waals surface area contributed by atoms with Gasteiger partial charge < -0.3 is 4.57 Å². The molecule has 1 aromatic heterocycles. The highest BCUT2D eigenvalue weighted by Gasteiger charge is 1.97. The summed E-state index contributed by atoms with van der Waals surface area (Å²) in [4.78, 5) is 4.28. The van der Waals surface area contributed by atoms with E-state index in [-0.39, 0.29) is 0 Å². The highest BCUT2D eigenvalue weighted by molar-refractivity contribution is 5.44. The zero-order valence-electron chi connectivity index (χ0n) is 13.8. The summed E-state index contributed by atoms with van der Waals surface area (Å²) in [5, 5.41) is 0. The van der Waals surface area contributed by atoms with Gasteiger partial charge in [0.2, 0.25) is 0 Å². The molecule has 0 aliphatic rings. The minimum Gasteiger partial charge on any atom is -0.307 e. The smallest absolute Gasteiger partial charge is 0.136 e. The monoisotopic (exact) mass is 252 g/mol. The lowest BCUT2D eigenvalue weighted by atomic mass is 10.4. The fraction of sp³-hybridized carbons (Fsp3) is 0.562. The summed E-state index contributed by atoms with van der Waals surface area (Å²) in [6.07, 6.45) is 5.79. The lowest BCUT2D eigenvalue weighted by molar-refractivity contribution is 1.09. The molecule has 1 rings (SSSR count). The number of rotatable bonds is 2. The Balaban J connectivity index is -0.000000328. The Labute approximate surface area is 114 Å². The number of hydrogen-bond donors (Lipinski definition) is 0. The number of imidazole rings is 1. The van der Waals surface area contributed by atoms with Gasteiger partial charge in [-0.2, -0.15) is 0 Å². The van der Waals surface area contributed by atoms with E-state index in [0.29, 0.717) is 0 Å². The standard InChI is InChI=1S/C10H14N2.3C2H6/c1-5-10-11-9(4)7-12(10)6-8(2)3;3*1-2/h5-7H,1H2,2-4H3;3*1-2H3. The second-order valence-corrected chi connectivity index (χ2v) is 3.06. The molecule has 2 nitrogen and oxygen atoms in total. The van der Waals surface area contributed by atoms with Crippen molar-refractivity contribution in [1.82, 2.24) is 9.55 Å². The van der Waals surface area contributed by atoms with Gasteiger partial charge in [-0.3, -0.25) is 0 Å². The Morgan fingerprint density at radius 1 is 1.11 bits per heavy atom. The van der Waals surface area contributed by atoms with Crippen molar-refractivity contribution in [1.29, 1.82) is 0 Å². The van der Waals surface area contributed by atoms with Gasteiger partial charge in [0.05, 0.1) is 5.69 Å². The third-order valence-corrected chi connectivity index (χ3v) is 1.46. The molecule has 0 aliphatic carbocycles. The molecule has 0 spiro atoms. The molecule has 0 aromatic carbocycles. The van der Waals surface area contributed by atoms with Crippen LogP contribution >= 0.6 is 0 Å². The van der Waals surface area contributed by atoms with Crippen LogP contribution in [0.3, 0.4) is 0 Å². The van der Waals surface area contributed by atoms with Gasteiger partial charge in [-0.1, -0.05) is 53.7 Å². The van der Waals surface area contributed by atoms with Crippen LogP contribution in [0.2, 0.25) is 0 Å². The third-order valence-electron chi connectivity index (χ3n) is 1.46. The number of allylic oxidation sites excluding steroid dienone is 1. The van der Waals surface area contributed by atoms with E-state index in [1.807, 2.05) is 65.4 Å². The molecule has 1 aromatic rings. The molecule has 0 bridgehead atoms. The van der Waals surface area contributed by atoms with Crippen molar-refractivity contribution in [3.05, 3.63) is 29.9 Å². The summed E-state index contributed by atoms with van der Waals surface area (Å²) in [5.41, 5.74) is 2.26. The van der Waals surface area contributed by atoms with E-state index in [4.69, 9.17) is 0 Å².